The van der Waals surface area contributed by atoms with Crippen molar-refractivity contribution in [3.63, 3.8) is 0 Å². The molecule has 0 bridgehead atoms. The monoisotopic (exact) mass is 213 g/mol. The van der Waals surface area contributed by atoms with Crippen LogP contribution in [0.15, 0.2) is 18.2 Å². The third kappa shape index (κ3) is 3.21. The molecule has 1 aromatic carbocycles. The maximum Gasteiger partial charge on any atom is 0.324 e. The van der Waals surface area contributed by atoms with Gasteiger partial charge in [0.25, 0.3) is 0 Å². The summed E-state index contributed by atoms with van der Waals surface area (Å²) in [5.41, 5.74) is 5.67. The second kappa shape index (κ2) is 4.75. The van der Waals surface area contributed by atoms with Crippen LogP contribution >= 0.6 is 0 Å². The van der Waals surface area contributed by atoms with Gasteiger partial charge in [-0.2, -0.15) is 0 Å². The minimum Gasteiger partial charge on any atom is -0.491 e. The van der Waals surface area contributed by atoms with Crippen LogP contribution < -0.4 is 10.5 Å². The smallest absolute Gasteiger partial charge is 0.324 e. The van der Waals surface area contributed by atoms with Crippen molar-refractivity contribution >= 4 is 5.97 Å². The van der Waals surface area contributed by atoms with Gasteiger partial charge in [-0.1, -0.05) is 0 Å². The molecule has 0 saturated heterocycles. The number of carboxylic acid groups (broad SMARTS) is 1. The van der Waals surface area contributed by atoms with Crippen LogP contribution in [0, 0.1) is 12.7 Å². The third-order valence-electron chi connectivity index (χ3n) is 1.88. The minimum absolute atomic E-state index is 0.138. The van der Waals surface area contributed by atoms with Crippen LogP contribution in [-0.2, 0) is 4.79 Å². The van der Waals surface area contributed by atoms with E-state index in [1.165, 1.54) is 18.2 Å². The number of rotatable bonds is 4. The van der Waals surface area contributed by atoms with Crippen molar-refractivity contribution in [1.82, 2.24) is 0 Å². The van der Waals surface area contributed by atoms with Gasteiger partial charge in [-0.3, -0.25) is 4.79 Å². The Bertz CT molecular complexity index is 368. The van der Waals surface area contributed by atoms with Gasteiger partial charge in [0.2, 0.25) is 0 Å². The fraction of sp³-hybridized carbons (Fsp3) is 0.300. The van der Waals surface area contributed by atoms with Gasteiger partial charge in [-0.15, -0.1) is 0 Å². The van der Waals surface area contributed by atoms with Crippen LogP contribution in [0.3, 0.4) is 0 Å². The van der Waals surface area contributed by atoms with E-state index >= 15 is 0 Å². The fourth-order valence-corrected chi connectivity index (χ4v) is 0.964. The second-order valence-electron chi connectivity index (χ2n) is 3.17. The van der Waals surface area contributed by atoms with Crippen LogP contribution in [-0.4, -0.2) is 23.7 Å². The number of nitrogens with two attached hydrogens (primary N) is 1. The van der Waals surface area contributed by atoms with Crippen LogP contribution in [0.1, 0.15) is 5.56 Å². The maximum atomic E-state index is 12.9. The highest BCUT2D eigenvalue weighted by atomic mass is 19.1. The van der Waals surface area contributed by atoms with E-state index < -0.39 is 12.0 Å². The number of carboxylic acids is 1. The van der Waals surface area contributed by atoms with E-state index in [9.17, 15) is 9.18 Å². The first kappa shape index (κ1) is 11.5. The number of hydrogen-bond acceptors (Lipinski definition) is 3. The lowest BCUT2D eigenvalue weighted by molar-refractivity contribution is -0.139. The molecular weight excluding hydrogens is 201 g/mol. The van der Waals surface area contributed by atoms with Crippen LogP contribution in [0.2, 0.25) is 0 Å². The lowest BCUT2D eigenvalue weighted by Crippen LogP contribution is -2.36. The average Bonchev–Trinajstić information content (AvgIpc) is 2.19. The molecule has 0 amide bonds. The Morgan fingerprint density at radius 1 is 1.67 bits per heavy atom. The largest absolute Gasteiger partial charge is 0.491 e. The Morgan fingerprint density at radius 2 is 2.33 bits per heavy atom. The van der Waals surface area contributed by atoms with Crippen LogP contribution in [0.4, 0.5) is 4.39 Å². The van der Waals surface area contributed by atoms with E-state index in [0.717, 1.165) is 0 Å². The fourth-order valence-electron chi connectivity index (χ4n) is 0.964. The summed E-state index contributed by atoms with van der Waals surface area (Å²) in [5.74, 6) is -1.05. The SMILES string of the molecule is Cc1cc(OCC(N)C(=O)O)ccc1F. The zero-order valence-electron chi connectivity index (χ0n) is 8.24. The summed E-state index contributed by atoms with van der Waals surface area (Å²) >= 11 is 0. The topological polar surface area (TPSA) is 72.5 Å². The molecule has 0 saturated carbocycles. The molecule has 4 nitrogen and oxygen atoms in total. The van der Waals surface area contributed by atoms with E-state index in [0.29, 0.717) is 11.3 Å². The molecule has 0 spiro atoms. The molecule has 1 aromatic rings. The molecule has 0 aliphatic rings. The van der Waals surface area contributed by atoms with Crippen LogP contribution in [0.25, 0.3) is 0 Å². The standard InChI is InChI=1S/C10H12FNO3/c1-6-4-7(2-3-8(6)11)15-5-9(12)10(13)14/h2-4,9H,5,12H2,1H3,(H,13,14). The summed E-state index contributed by atoms with van der Waals surface area (Å²) in [6.07, 6.45) is 0. The zero-order chi connectivity index (χ0) is 11.4. The second-order valence-corrected chi connectivity index (χ2v) is 3.17. The maximum absolute atomic E-state index is 12.9. The van der Waals surface area contributed by atoms with E-state index in [-0.39, 0.29) is 12.4 Å². The highest BCUT2D eigenvalue weighted by Gasteiger charge is 2.12. The predicted molar refractivity (Wildman–Crippen MR) is 52.2 cm³/mol. The Labute approximate surface area is 86.5 Å². The summed E-state index contributed by atoms with van der Waals surface area (Å²) < 4.78 is 17.9. The van der Waals surface area contributed by atoms with Gasteiger partial charge < -0.3 is 15.6 Å². The predicted octanol–water partition coefficient (Wildman–Crippen LogP) is 0.925. The molecule has 5 heteroatoms. The van der Waals surface area contributed by atoms with Crippen molar-refractivity contribution in [2.45, 2.75) is 13.0 Å². The molecule has 0 aliphatic heterocycles. The first-order valence-electron chi connectivity index (χ1n) is 4.38. The quantitative estimate of drug-likeness (QED) is 0.780. The highest BCUT2D eigenvalue weighted by Crippen LogP contribution is 2.15. The average molecular weight is 213 g/mol. The van der Waals surface area contributed by atoms with E-state index in [1.54, 1.807) is 6.92 Å². The van der Waals surface area contributed by atoms with Gasteiger partial charge in [0.1, 0.15) is 24.2 Å². The molecule has 3 N–H and O–H groups in total. The lowest BCUT2D eigenvalue weighted by Gasteiger charge is -2.09. The van der Waals surface area contributed by atoms with Gasteiger partial charge in [0, 0.05) is 0 Å². The third-order valence-corrected chi connectivity index (χ3v) is 1.88. The summed E-state index contributed by atoms with van der Waals surface area (Å²) in [7, 11) is 0. The highest BCUT2D eigenvalue weighted by molar-refractivity contribution is 5.73. The molecule has 0 aromatic heterocycles. The number of hydrogen-bond donors (Lipinski definition) is 2. The van der Waals surface area contributed by atoms with E-state index in [1.807, 2.05) is 0 Å². The Morgan fingerprint density at radius 3 is 2.87 bits per heavy atom. The first-order chi connectivity index (χ1) is 7.00. The van der Waals surface area contributed by atoms with Gasteiger partial charge >= 0.3 is 5.97 Å². The summed E-state index contributed by atoms with van der Waals surface area (Å²) in [4.78, 5) is 10.4. The molecular formula is C10H12FNO3. The van der Waals surface area contributed by atoms with Crippen molar-refractivity contribution in [2.75, 3.05) is 6.61 Å². The number of halogens is 1. The van der Waals surface area contributed by atoms with Crippen molar-refractivity contribution in [3.8, 4) is 5.75 Å². The van der Waals surface area contributed by atoms with E-state index in [2.05, 4.69) is 0 Å². The van der Waals surface area contributed by atoms with Crippen LogP contribution in [0.5, 0.6) is 5.75 Å². The molecule has 15 heavy (non-hydrogen) atoms. The zero-order valence-corrected chi connectivity index (χ0v) is 8.24. The first-order valence-corrected chi connectivity index (χ1v) is 4.38. The van der Waals surface area contributed by atoms with E-state index in [4.69, 9.17) is 15.6 Å². The van der Waals surface area contributed by atoms with Gasteiger partial charge in [0.15, 0.2) is 0 Å². The van der Waals surface area contributed by atoms with Gasteiger partial charge in [-0.25, -0.2) is 4.39 Å². The van der Waals surface area contributed by atoms with Crippen molar-refractivity contribution in [3.05, 3.63) is 29.6 Å². The van der Waals surface area contributed by atoms with Crippen molar-refractivity contribution in [2.24, 2.45) is 5.73 Å². The number of benzene rings is 1. The van der Waals surface area contributed by atoms with Crippen molar-refractivity contribution < 1.29 is 19.0 Å². The number of aliphatic carboxylic acids is 1. The molecule has 1 atom stereocenters. The van der Waals surface area contributed by atoms with Crippen molar-refractivity contribution in [1.29, 1.82) is 0 Å². The summed E-state index contributed by atoms with van der Waals surface area (Å²) in [6.45, 7) is 1.46. The normalized spacial score (nSPS) is 12.2. The Balaban J connectivity index is 2.58. The number of aryl methyl sites for hydroxylation is 1. The van der Waals surface area contributed by atoms with Gasteiger partial charge in [0.05, 0.1) is 0 Å². The molecule has 0 aliphatic carbocycles. The summed E-state index contributed by atoms with van der Waals surface area (Å²) in [5, 5.41) is 8.49. The Hall–Kier alpha value is -1.62. The molecule has 0 radical (unpaired) electrons. The number of ether oxygens (including phenoxy) is 1. The molecule has 82 valence electrons. The van der Waals surface area contributed by atoms with Gasteiger partial charge in [-0.05, 0) is 30.7 Å². The molecule has 1 rings (SSSR count). The minimum atomic E-state index is -1.13. The molecule has 0 fully saturated rings. The summed E-state index contributed by atoms with van der Waals surface area (Å²) in [6, 6.07) is 3.10. The lowest BCUT2D eigenvalue weighted by atomic mass is 10.2. The Kier molecular flexibility index (Phi) is 3.62. The molecule has 1 unspecified atom stereocenters. The molecule has 0 heterocycles. The number of carbonyl (C=O) groups is 1.